The van der Waals surface area contributed by atoms with Crippen LogP contribution in [0.1, 0.15) is 12.0 Å². The molecule has 96 valence electrons. The first-order valence-electron chi connectivity index (χ1n) is 5.05. The number of rotatable bonds is 3. The van der Waals surface area contributed by atoms with Crippen LogP contribution in [0, 0.1) is 0 Å². The van der Waals surface area contributed by atoms with Gasteiger partial charge in [0.05, 0.1) is 4.90 Å². The average molecular weight is 288 g/mol. The highest BCUT2D eigenvalue weighted by molar-refractivity contribution is 7.95. The lowest BCUT2D eigenvalue weighted by Crippen LogP contribution is -2.30. The molecule has 0 radical (unpaired) electrons. The van der Waals surface area contributed by atoms with Gasteiger partial charge >= 0.3 is 5.97 Å². The molecule has 0 saturated heterocycles. The topological polar surface area (TPSA) is 97.5 Å². The van der Waals surface area contributed by atoms with Crippen molar-refractivity contribution < 1.29 is 18.3 Å². The first kappa shape index (κ1) is 13.1. The highest BCUT2D eigenvalue weighted by atomic mass is 35.5. The number of hydrogen-bond donors (Lipinski definition) is 2. The Morgan fingerprint density at radius 2 is 2.11 bits per heavy atom. The number of halogens is 1. The zero-order valence-electron chi connectivity index (χ0n) is 9.13. The molecule has 1 aliphatic rings. The maximum Gasteiger partial charge on any atom is 0.320 e. The Morgan fingerprint density at radius 1 is 1.44 bits per heavy atom. The summed E-state index contributed by atoms with van der Waals surface area (Å²) in [7, 11) is -3.51. The van der Waals surface area contributed by atoms with Crippen molar-refractivity contribution in [2.24, 2.45) is 5.73 Å². The zero-order valence-corrected chi connectivity index (χ0v) is 10.7. The van der Waals surface area contributed by atoms with Gasteiger partial charge in [0.2, 0.25) is 9.84 Å². The molecule has 1 aromatic rings. The molecule has 0 bridgehead atoms. The van der Waals surface area contributed by atoms with Gasteiger partial charge < -0.3 is 10.8 Å². The fourth-order valence-electron chi connectivity index (χ4n) is 1.80. The summed E-state index contributed by atoms with van der Waals surface area (Å²) in [6, 6.07) is 3.24. The van der Waals surface area contributed by atoms with E-state index in [1.54, 1.807) is 0 Å². The van der Waals surface area contributed by atoms with Gasteiger partial charge in [0, 0.05) is 10.4 Å². The van der Waals surface area contributed by atoms with Gasteiger partial charge in [-0.25, -0.2) is 8.42 Å². The van der Waals surface area contributed by atoms with Crippen LogP contribution in [0.2, 0.25) is 5.02 Å². The predicted octanol–water partition coefficient (Wildman–Crippen LogP) is 1.27. The van der Waals surface area contributed by atoms with Gasteiger partial charge in [-0.2, -0.15) is 0 Å². The number of benzene rings is 1. The van der Waals surface area contributed by atoms with Crippen LogP contribution in [0.4, 0.5) is 0 Å². The fraction of sp³-hybridized carbons (Fsp3) is 0.182. The largest absolute Gasteiger partial charge is 0.480 e. The molecule has 1 heterocycles. The van der Waals surface area contributed by atoms with Gasteiger partial charge in [0.15, 0.2) is 0 Å². The quantitative estimate of drug-likeness (QED) is 0.872. The van der Waals surface area contributed by atoms with Gasteiger partial charge in [-0.1, -0.05) is 11.6 Å². The first-order chi connectivity index (χ1) is 8.31. The summed E-state index contributed by atoms with van der Waals surface area (Å²) in [6.45, 7) is 0. The summed E-state index contributed by atoms with van der Waals surface area (Å²) in [4.78, 5) is 10.8. The van der Waals surface area contributed by atoms with Crippen LogP contribution in [0.25, 0.3) is 5.57 Å². The molecule has 1 atom stereocenters. The molecule has 3 N–H and O–H groups in total. The molecule has 0 saturated carbocycles. The Bertz CT molecular complexity index is 651. The summed E-state index contributed by atoms with van der Waals surface area (Å²) in [5.74, 6) is -1.18. The van der Waals surface area contributed by atoms with E-state index >= 15 is 0 Å². The second kappa shape index (κ2) is 4.38. The van der Waals surface area contributed by atoms with Gasteiger partial charge in [-0.05, 0) is 35.8 Å². The van der Waals surface area contributed by atoms with Crippen LogP contribution in [0.15, 0.2) is 28.5 Å². The standard InChI is InChI=1S/C11H10ClNO4S/c12-7-1-2-10-8(4-7)6(5-18(10,16)17)3-9(13)11(14)15/h1-2,4-5,9H,3,13H2,(H,14,15)/t9-/m1/s1. The molecule has 0 aromatic heterocycles. The van der Waals surface area contributed by atoms with Crippen LogP contribution in [0.5, 0.6) is 0 Å². The summed E-state index contributed by atoms with van der Waals surface area (Å²) >= 11 is 5.81. The van der Waals surface area contributed by atoms with Gasteiger partial charge in [0.25, 0.3) is 0 Å². The Balaban J connectivity index is 2.47. The van der Waals surface area contributed by atoms with E-state index in [9.17, 15) is 13.2 Å². The van der Waals surface area contributed by atoms with E-state index in [0.717, 1.165) is 5.41 Å². The third kappa shape index (κ3) is 2.27. The van der Waals surface area contributed by atoms with E-state index in [2.05, 4.69) is 0 Å². The van der Waals surface area contributed by atoms with Crippen LogP contribution in [-0.2, 0) is 14.6 Å². The van der Waals surface area contributed by atoms with Crippen LogP contribution < -0.4 is 5.73 Å². The fourth-order valence-corrected chi connectivity index (χ4v) is 3.45. The molecule has 5 nitrogen and oxygen atoms in total. The minimum atomic E-state index is -3.51. The molecule has 0 fully saturated rings. The number of hydrogen-bond acceptors (Lipinski definition) is 4. The Hall–Kier alpha value is -1.37. The molecule has 0 spiro atoms. The van der Waals surface area contributed by atoms with Crippen LogP contribution in [0.3, 0.4) is 0 Å². The van der Waals surface area contributed by atoms with Gasteiger partial charge in [-0.15, -0.1) is 0 Å². The normalized spacial score (nSPS) is 18.0. The van der Waals surface area contributed by atoms with Crippen molar-refractivity contribution in [1.29, 1.82) is 0 Å². The zero-order chi connectivity index (χ0) is 13.5. The number of fused-ring (bicyclic) bond motifs is 1. The summed E-state index contributed by atoms with van der Waals surface area (Å²) in [6.07, 6.45) is -0.0537. The molecule has 0 unspecified atom stereocenters. The van der Waals surface area contributed by atoms with Crippen LogP contribution in [-0.4, -0.2) is 25.5 Å². The Labute approximate surface area is 109 Å². The van der Waals surface area contributed by atoms with Crippen molar-refractivity contribution >= 4 is 33.0 Å². The SMILES string of the molecule is N[C@H](CC1=CS(=O)(=O)c2ccc(Cl)cc21)C(=O)O. The first-order valence-corrected chi connectivity index (χ1v) is 6.97. The Kier molecular flexibility index (Phi) is 3.18. The third-order valence-corrected chi connectivity index (χ3v) is 4.45. The van der Waals surface area contributed by atoms with Gasteiger partial charge in [0.1, 0.15) is 6.04 Å². The third-order valence-electron chi connectivity index (χ3n) is 2.65. The highest BCUT2D eigenvalue weighted by Crippen LogP contribution is 2.37. The minimum absolute atomic E-state index is 0.0537. The van der Waals surface area contributed by atoms with E-state index < -0.39 is 21.8 Å². The molecule has 7 heteroatoms. The lowest BCUT2D eigenvalue weighted by Gasteiger charge is -2.08. The van der Waals surface area contributed by atoms with Crippen molar-refractivity contribution in [2.45, 2.75) is 17.4 Å². The van der Waals surface area contributed by atoms with E-state index in [0.29, 0.717) is 16.2 Å². The average Bonchev–Trinajstić information content (AvgIpc) is 2.50. The molecular formula is C11H10ClNO4S. The van der Waals surface area contributed by atoms with Crippen molar-refractivity contribution in [2.75, 3.05) is 0 Å². The number of carbonyl (C=O) groups is 1. The summed E-state index contributed by atoms with van der Waals surface area (Å²) < 4.78 is 23.6. The van der Waals surface area contributed by atoms with Crippen molar-refractivity contribution in [3.63, 3.8) is 0 Å². The maximum absolute atomic E-state index is 11.8. The lowest BCUT2D eigenvalue weighted by molar-refractivity contribution is -0.138. The van der Waals surface area contributed by atoms with Crippen LogP contribution >= 0.6 is 11.6 Å². The van der Waals surface area contributed by atoms with Gasteiger partial charge in [-0.3, -0.25) is 4.79 Å². The summed E-state index contributed by atoms with van der Waals surface area (Å²) in [5, 5.41) is 10.2. The van der Waals surface area contributed by atoms with E-state index in [4.69, 9.17) is 22.4 Å². The smallest absolute Gasteiger partial charge is 0.320 e. The molecule has 1 aliphatic heterocycles. The van der Waals surface area contributed by atoms with Crippen molar-refractivity contribution in [3.05, 3.63) is 34.2 Å². The van der Waals surface area contributed by atoms with E-state index in [1.165, 1.54) is 18.2 Å². The summed E-state index contributed by atoms with van der Waals surface area (Å²) in [5.41, 5.74) is 6.22. The molecule has 0 amide bonds. The lowest BCUT2D eigenvalue weighted by atomic mass is 10.0. The molecule has 2 rings (SSSR count). The molecule has 1 aromatic carbocycles. The Morgan fingerprint density at radius 3 is 2.72 bits per heavy atom. The highest BCUT2D eigenvalue weighted by Gasteiger charge is 2.29. The number of sulfone groups is 1. The number of aliphatic carboxylic acids is 1. The second-order valence-corrected chi connectivity index (χ2v) is 6.18. The number of nitrogens with two attached hydrogens (primary N) is 1. The second-order valence-electron chi connectivity index (χ2n) is 3.98. The number of carboxylic acids is 1. The predicted molar refractivity (Wildman–Crippen MR) is 66.8 cm³/mol. The number of carboxylic acid groups (broad SMARTS) is 1. The van der Waals surface area contributed by atoms with E-state index in [-0.39, 0.29) is 11.3 Å². The minimum Gasteiger partial charge on any atom is -0.480 e. The van der Waals surface area contributed by atoms with Crippen molar-refractivity contribution in [1.82, 2.24) is 0 Å². The molecular weight excluding hydrogens is 278 g/mol. The van der Waals surface area contributed by atoms with E-state index in [1.807, 2.05) is 0 Å². The van der Waals surface area contributed by atoms with Crippen molar-refractivity contribution in [3.8, 4) is 0 Å². The maximum atomic E-state index is 11.8. The molecule has 18 heavy (non-hydrogen) atoms. The monoisotopic (exact) mass is 287 g/mol. The molecule has 0 aliphatic carbocycles.